The van der Waals surface area contributed by atoms with Crippen molar-refractivity contribution in [1.29, 1.82) is 0 Å². The summed E-state index contributed by atoms with van der Waals surface area (Å²) in [6.45, 7) is 4.39. The van der Waals surface area contributed by atoms with Crippen LogP contribution < -0.4 is 14.4 Å². The zero-order valence-electron chi connectivity index (χ0n) is 26.4. The highest BCUT2D eigenvalue weighted by molar-refractivity contribution is 9.10. The third-order valence-corrected chi connectivity index (χ3v) is 10.3. The average Bonchev–Trinajstić information content (AvgIpc) is 3.07. The Labute approximate surface area is 294 Å². The van der Waals surface area contributed by atoms with Gasteiger partial charge in [-0.25, -0.2) is 8.42 Å². The van der Waals surface area contributed by atoms with Gasteiger partial charge < -0.3 is 15.0 Å². The molecule has 4 rings (SSSR count). The molecule has 4 aromatic rings. The number of halogens is 2. The minimum absolute atomic E-state index is 0.0278. The summed E-state index contributed by atoms with van der Waals surface area (Å²) in [7, 11) is -4.21. The van der Waals surface area contributed by atoms with E-state index in [-0.39, 0.29) is 23.8 Å². The number of sulfonamides is 1. The highest BCUT2D eigenvalue weighted by Gasteiger charge is 2.34. The summed E-state index contributed by atoms with van der Waals surface area (Å²) >= 11 is 6.83. The number of anilines is 1. The molecule has 0 fully saturated rings. The van der Waals surface area contributed by atoms with Crippen LogP contribution in [0.15, 0.2) is 117 Å². The topological polar surface area (TPSA) is 96.0 Å². The third-order valence-electron chi connectivity index (χ3n) is 7.48. The summed E-state index contributed by atoms with van der Waals surface area (Å²) < 4.78 is 36.7. The lowest BCUT2D eigenvalue weighted by atomic mass is 10.0. The van der Waals surface area contributed by atoms with Crippen molar-refractivity contribution < 1.29 is 22.7 Å². The molecule has 0 spiro atoms. The van der Waals surface area contributed by atoms with Crippen molar-refractivity contribution in [2.45, 2.75) is 50.6 Å². The largest absolute Gasteiger partial charge is 0.494 e. The number of unbranched alkanes of at least 4 members (excludes halogenated alkanes) is 1. The van der Waals surface area contributed by atoms with Gasteiger partial charge in [0.25, 0.3) is 10.0 Å². The SMILES string of the molecule is CCCCNC(=O)C(Cc1ccccc1)N(Cc1ccc(Br)cc1)C(=O)CN(c1ccc(OCC)cc1)S(=O)(=O)c1ccc(Br)cc1. The minimum Gasteiger partial charge on any atom is -0.494 e. The Kier molecular flexibility index (Phi) is 13.4. The Morgan fingerprint density at radius 2 is 1.43 bits per heavy atom. The second-order valence-corrected chi connectivity index (χ2v) is 14.6. The molecule has 248 valence electrons. The maximum atomic E-state index is 14.6. The summed E-state index contributed by atoms with van der Waals surface area (Å²) in [6, 6.07) is 28.9. The summed E-state index contributed by atoms with van der Waals surface area (Å²) in [4.78, 5) is 29.9. The maximum absolute atomic E-state index is 14.6. The number of benzene rings is 4. The van der Waals surface area contributed by atoms with Gasteiger partial charge >= 0.3 is 0 Å². The molecule has 0 heterocycles. The molecule has 0 aromatic heterocycles. The second kappa shape index (κ2) is 17.5. The molecule has 0 radical (unpaired) electrons. The number of carbonyl (C=O) groups is 2. The molecule has 8 nitrogen and oxygen atoms in total. The molecule has 11 heteroatoms. The third kappa shape index (κ3) is 10.2. The first kappa shape index (κ1) is 36.2. The van der Waals surface area contributed by atoms with Crippen LogP contribution >= 0.6 is 31.9 Å². The van der Waals surface area contributed by atoms with Gasteiger partial charge in [-0.2, -0.15) is 0 Å². The van der Waals surface area contributed by atoms with Crippen LogP contribution in [0, 0.1) is 0 Å². The van der Waals surface area contributed by atoms with E-state index < -0.39 is 28.5 Å². The summed E-state index contributed by atoms with van der Waals surface area (Å²) in [5.41, 5.74) is 1.97. The van der Waals surface area contributed by atoms with Gasteiger partial charge in [0, 0.05) is 28.5 Å². The highest BCUT2D eigenvalue weighted by Crippen LogP contribution is 2.28. The summed E-state index contributed by atoms with van der Waals surface area (Å²) in [5, 5.41) is 3.01. The van der Waals surface area contributed by atoms with Crippen LogP contribution in [0.2, 0.25) is 0 Å². The number of nitrogens with zero attached hydrogens (tertiary/aromatic N) is 2. The fourth-order valence-corrected chi connectivity index (χ4v) is 6.93. The zero-order valence-corrected chi connectivity index (χ0v) is 30.4. The Balaban J connectivity index is 1.78. The van der Waals surface area contributed by atoms with Crippen molar-refractivity contribution in [3.05, 3.63) is 123 Å². The average molecular weight is 786 g/mol. The standard InChI is InChI=1S/C36H39Br2N3O5S/c1-3-5-23-39-36(43)34(24-27-9-7-6-8-10-27)40(25-28-11-13-29(37)14-12-28)35(42)26-41(31-17-19-32(20-18-31)46-4-2)47(44,45)33-21-15-30(38)16-22-33/h6-22,34H,3-5,23-26H2,1-2H3,(H,39,43). The number of hydrogen-bond acceptors (Lipinski definition) is 5. The van der Waals surface area contributed by atoms with E-state index in [4.69, 9.17) is 4.74 Å². The van der Waals surface area contributed by atoms with Gasteiger partial charge in [0.1, 0.15) is 18.3 Å². The van der Waals surface area contributed by atoms with E-state index in [1.165, 1.54) is 17.0 Å². The first-order valence-electron chi connectivity index (χ1n) is 15.5. The minimum atomic E-state index is -4.21. The molecule has 0 aliphatic carbocycles. The number of nitrogens with one attached hydrogen (secondary N) is 1. The second-order valence-electron chi connectivity index (χ2n) is 10.9. The van der Waals surface area contributed by atoms with Crippen molar-refractivity contribution in [3.63, 3.8) is 0 Å². The van der Waals surface area contributed by atoms with Gasteiger partial charge in [0.05, 0.1) is 17.2 Å². The molecule has 0 bridgehead atoms. The Hall–Kier alpha value is -3.67. The smallest absolute Gasteiger partial charge is 0.264 e. The number of carbonyl (C=O) groups excluding carboxylic acids is 2. The van der Waals surface area contributed by atoms with Crippen molar-refractivity contribution in [1.82, 2.24) is 10.2 Å². The Bertz CT molecular complexity index is 1700. The van der Waals surface area contributed by atoms with Crippen molar-refractivity contribution in [2.75, 3.05) is 24.0 Å². The van der Waals surface area contributed by atoms with Gasteiger partial charge in [0.15, 0.2) is 0 Å². The summed E-state index contributed by atoms with van der Waals surface area (Å²) in [6.07, 6.45) is 1.95. The van der Waals surface area contributed by atoms with Crippen LogP contribution in [-0.2, 0) is 32.6 Å². The van der Waals surface area contributed by atoms with Gasteiger partial charge in [-0.3, -0.25) is 13.9 Å². The highest BCUT2D eigenvalue weighted by atomic mass is 79.9. The molecule has 0 saturated heterocycles. The van der Waals surface area contributed by atoms with E-state index >= 15 is 0 Å². The van der Waals surface area contributed by atoms with Crippen LogP contribution in [0.3, 0.4) is 0 Å². The molecule has 0 aliphatic heterocycles. The van der Waals surface area contributed by atoms with E-state index in [9.17, 15) is 18.0 Å². The molecule has 0 saturated carbocycles. The van der Waals surface area contributed by atoms with Crippen LogP contribution in [0.5, 0.6) is 5.75 Å². The van der Waals surface area contributed by atoms with Gasteiger partial charge in [-0.15, -0.1) is 0 Å². The number of hydrogen-bond donors (Lipinski definition) is 1. The van der Waals surface area contributed by atoms with Crippen LogP contribution in [0.25, 0.3) is 0 Å². The predicted octanol–water partition coefficient (Wildman–Crippen LogP) is 7.36. The monoisotopic (exact) mass is 783 g/mol. The maximum Gasteiger partial charge on any atom is 0.264 e. The lowest BCUT2D eigenvalue weighted by Gasteiger charge is -2.34. The molecule has 4 aromatic carbocycles. The van der Waals surface area contributed by atoms with E-state index in [0.29, 0.717) is 24.6 Å². The quantitative estimate of drug-likeness (QED) is 0.120. The number of ether oxygens (including phenoxy) is 1. The molecule has 1 N–H and O–H groups in total. The molecular formula is C36H39Br2N3O5S. The lowest BCUT2D eigenvalue weighted by molar-refractivity contribution is -0.140. The van der Waals surface area contributed by atoms with E-state index in [1.807, 2.05) is 68.4 Å². The Morgan fingerprint density at radius 3 is 2.02 bits per heavy atom. The molecule has 1 atom stereocenters. The van der Waals surface area contributed by atoms with Gasteiger partial charge in [-0.1, -0.05) is 87.7 Å². The van der Waals surface area contributed by atoms with Crippen LogP contribution in [0.1, 0.15) is 37.8 Å². The molecule has 1 unspecified atom stereocenters. The first-order valence-corrected chi connectivity index (χ1v) is 18.5. The van der Waals surface area contributed by atoms with E-state index in [2.05, 4.69) is 37.2 Å². The first-order chi connectivity index (χ1) is 22.6. The lowest BCUT2D eigenvalue weighted by Crippen LogP contribution is -2.53. The van der Waals surface area contributed by atoms with Crippen molar-refractivity contribution >= 4 is 59.4 Å². The fourth-order valence-electron chi connectivity index (χ4n) is 4.98. The van der Waals surface area contributed by atoms with Crippen molar-refractivity contribution in [2.24, 2.45) is 0 Å². The van der Waals surface area contributed by atoms with Crippen LogP contribution in [-0.4, -0.2) is 50.9 Å². The van der Waals surface area contributed by atoms with Gasteiger partial charge in [0.2, 0.25) is 11.8 Å². The number of amides is 2. The van der Waals surface area contributed by atoms with E-state index in [1.54, 1.807) is 36.4 Å². The Morgan fingerprint density at radius 1 is 0.809 bits per heavy atom. The molecule has 2 amide bonds. The molecular weight excluding hydrogens is 746 g/mol. The summed E-state index contributed by atoms with van der Waals surface area (Å²) in [5.74, 6) is -0.239. The van der Waals surface area contributed by atoms with Crippen LogP contribution in [0.4, 0.5) is 5.69 Å². The molecule has 0 aliphatic rings. The van der Waals surface area contributed by atoms with E-state index in [0.717, 1.165) is 37.2 Å². The fraction of sp³-hybridized carbons (Fsp3) is 0.278. The molecule has 47 heavy (non-hydrogen) atoms. The predicted molar refractivity (Wildman–Crippen MR) is 193 cm³/mol. The van der Waals surface area contributed by atoms with Gasteiger partial charge in [-0.05, 0) is 85.1 Å². The normalized spacial score (nSPS) is 11.8. The van der Waals surface area contributed by atoms with Crippen molar-refractivity contribution in [3.8, 4) is 5.75 Å². The zero-order chi connectivity index (χ0) is 33.8. The number of rotatable bonds is 16.